The summed E-state index contributed by atoms with van der Waals surface area (Å²) in [5.41, 5.74) is 0. The molecule has 0 radical (unpaired) electrons. The van der Waals surface area contributed by atoms with Crippen LogP contribution in [0.5, 0.6) is 0 Å². The number of rotatable bonds is 7. The first kappa shape index (κ1) is 16.1. The molecule has 6 heteroatoms. The van der Waals surface area contributed by atoms with Gasteiger partial charge in [0.15, 0.2) is 5.96 Å². The van der Waals surface area contributed by atoms with Crippen LogP contribution in [0, 0.1) is 5.92 Å². The molecule has 6 nitrogen and oxygen atoms in total. The van der Waals surface area contributed by atoms with Crippen molar-refractivity contribution in [2.24, 2.45) is 10.9 Å². The second-order valence-corrected chi connectivity index (χ2v) is 4.83. The number of furan rings is 1. The summed E-state index contributed by atoms with van der Waals surface area (Å²) in [5.74, 6) is 1.77. The fourth-order valence-electron chi connectivity index (χ4n) is 1.45. The van der Waals surface area contributed by atoms with Gasteiger partial charge < -0.3 is 20.4 Å². The van der Waals surface area contributed by atoms with E-state index in [0.29, 0.717) is 18.4 Å². The molecule has 0 saturated heterocycles. The third-order valence-corrected chi connectivity index (χ3v) is 2.44. The lowest BCUT2D eigenvalue weighted by atomic mass is 10.2. The average molecular weight is 280 g/mol. The molecule has 112 valence electrons. The monoisotopic (exact) mass is 280 g/mol. The van der Waals surface area contributed by atoms with Crippen LogP contribution >= 0.6 is 0 Å². The summed E-state index contributed by atoms with van der Waals surface area (Å²) < 4.78 is 5.14. The van der Waals surface area contributed by atoms with Crippen LogP contribution in [0.1, 0.15) is 26.5 Å². The van der Waals surface area contributed by atoms with Crippen molar-refractivity contribution < 1.29 is 9.21 Å². The summed E-state index contributed by atoms with van der Waals surface area (Å²) in [6.07, 6.45) is 1.58. The number of hydrogen-bond acceptors (Lipinski definition) is 3. The van der Waals surface area contributed by atoms with Crippen LogP contribution < -0.4 is 16.0 Å². The maximum Gasteiger partial charge on any atom is 0.242 e. The predicted octanol–water partition coefficient (Wildman–Crippen LogP) is 1.11. The summed E-state index contributed by atoms with van der Waals surface area (Å²) in [5, 5.41) is 9.04. The highest BCUT2D eigenvalue weighted by molar-refractivity contribution is 5.84. The molecule has 0 bridgehead atoms. The van der Waals surface area contributed by atoms with Crippen molar-refractivity contribution in [3.05, 3.63) is 24.2 Å². The maximum atomic E-state index is 11.7. The van der Waals surface area contributed by atoms with Crippen LogP contribution in [-0.2, 0) is 11.3 Å². The molecule has 0 saturated carbocycles. The van der Waals surface area contributed by atoms with E-state index < -0.39 is 0 Å². The van der Waals surface area contributed by atoms with Gasteiger partial charge in [-0.2, -0.15) is 0 Å². The minimum Gasteiger partial charge on any atom is -0.467 e. The Kier molecular flexibility index (Phi) is 7.24. The minimum absolute atomic E-state index is 0.0914. The molecular formula is C14H24N4O2. The molecule has 0 aromatic carbocycles. The molecule has 1 heterocycles. The van der Waals surface area contributed by atoms with E-state index in [1.54, 1.807) is 12.3 Å². The Hall–Kier alpha value is -1.98. The van der Waals surface area contributed by atoms with Gasteiger partial charge >= 0.3 is 0 Å². The number of nitrogens with zero attached hydrogens (tertiary/aromatic N) is 1. The minimum atomic E-state index is -0.136. The van der Waals surface area contributed by atoms with Crippen molar-refractivity contribution in [2.75, 3.05) is 19.6 Å². The molecule has 1 aromatic rings. The van der Waals surface area contributed by atoms with Crippen molar-refractivity contribution in [1.29, 1.82) is 0 Å². The van der Waals surface area contributed by atoms with Crippen LogP contribution in [0.4, 0.5) is 0 Å². The molecule has 0 aliphatic rings. The quantitative estimate of drug-likeness (QED) is 0.516. The van der Waals surface area contributed by atoms with Gasteiger partial charge in [0.25, 0.3) is 0 Å². The van der Waals surface area contributed by atoms with E-state index in [9.17, 15) is 4.79 Å². The Morgan fingerprint density at radius 3 is 2.75 bits per heavy atom. The van der Waals surface area contributed by atoms with Gasteiger partial charge in [-0.05, 0) is 25.0 Å². The van der Waals surface area contributed by atoms with E-state index in [-0.39, 0.29) is 12.5 Å². The zero-order valence-corrected chi connectivity index (χ0v) is 12.4. The van der Waals surface area contributed by atoms with Crippen molar-refractivity contribution in [1.82, 2.24) is 16.0 Å². The fraction of sp³-hybridized carbons (Fsp3) is 0.571. The summed E-state index contributed by atoms with van der Waals surface area (Å²) in [6, 6.07) is 3.61. The lowest BCUT2D eigenvalue weighted by Crippen LogP contribution is -2.40. The van der Waals surface area contributed by atoms with E-state index in [4.69, 9.17) is 4.42 Å². The number of carbonyl (C=O) groups is 1. The highest BCUT2D eigenvalue weighted by Crippen LogP contribution is 1.98. The van der Waals surface area contributed by atoms with Gasteiger partial charge in [0.2, 0.25) is 5.91 Å². The molecule has 20 heavy (non-hydrogen) atoms. The second-order valence-electron chi connectivity index (χ2n) is 4.83. The van der Waals surface area contributed by atoms with Crippen LogP contribution in [0.2, 0.25) is 0 Å². The van der Waals surface area contributed by atoms with E-state index in [1.165, 1.54) is 0 Å². The number of guanidine groups is 1. The Morgan fingerprint density at radius 2 is 2.15 bits per heavy atom. The van der Waals surface area contributed by atoms with E-state index in [2.05, 4.69) is 34.8 Å². The van der Waals surface area contributed by atoms with Crippen LogP contribution in [-0.4, -0.2) is 31.5 Å². The third kappa shape index (κ3) is 6.82. The van der Waals surface area contributed by atoms with Gasteiger partial charge in [0.05, 0.1) is 12.8 Å². The van der Waals surface area contributed by atoms with Gasteiger partial charge in [-0.1, -0.05) is 13.8 Å². The van der Waals surface area contributed by atoms with Crippen molar-refractivity contribution in [3.63, 3.8) is 0 Å². The standard InChI is InChI=1S/C14H24N4O2/c1-4-15-14(17-8-11(2)3)18-10-13(19)16-9-12-6-5-7-20-12/h5-7,11H,4,8-10H2,1-3H3,(H,16,19)(H2,15,17,18). The lowest BCUT2D eigenvalue weighted by Gasteiger charge is -2.12. The van der Waals surface area contributed by atoms with Crippen molar-refractivity contribution in [2.45, 2.75) is 27.3 Å². The largest absolute Gasteiger partial charge is 0.467 e. The molecule has 1 amide bonds. The Morgan fingerprint density at radius 1 is 1.35 bits per heavy atom. The molecule has 3 N–H and O–H groups in total. The normalized spacial score (nSPS) is 11.5. The zero-order valence-electron chi connectivity index (χ0n) is 12.4. The van der Waals surface area contributed by atoms with Crippen molar-refractivity contribution >= 4 is 11.9 Å². The van der Waals surface area contributed by atoms with Crippen LogP contribution in [0.25, 0.3) is 0 Å². The predicted molar refractivity (Wildman–Crippen MR) is 79.4 cm³/mol. The summed E-state index contributed by atoms with van der Waals surface area (Å²) in [4.78, 5) is 15.9. The highest BCUT2D eigenvalue weighted by Gasteiger charge is 2.03. The van der Waals surface area contributed by atoms with Gasteiger partial charge in [-0.25, -0.2) is 4.99 Å². The first-order valence-corrected chi connectivity index (χ1v) is 6.93. The smallest absolute Gasteiger partial charge is 0.242 e. The summed E-state index contributed by atoms with van der Waals surface area (Å²) >= 11 is 0. The molecule has 1 rings (SSSR count). The van der Waals surface area contributed by atoms with Gasteiger partial charge in [-0.3, -0.25) is 4.79 Å². The van der Waals surface area contributed by atoms with Crippen molar-refractivity contribution in [3.8, 4) is 0 Å². The lowest BCUT2D eigenvalue weighted by molar-refractivity contribution is -0.119. The molecule has 0 aliphatic heterocycles. The second kappa shape index (κ2) is 9.01. The Bertz CT molecular complexity index is 413. The first-order valence-electron chi connectivity index (χ1n) is 6.93. The number of amides is 1. The van der Waals surface area contributed by atoms with Crippen LogP contribution in [0.3, 0.4) is 0 Å². The molecule has 0 unspecified atom stereocenters. The fourth-order valence-corrected chi connectivity index (χ4v) is 1.45. The maximum absolute atomic E-state index is 11.7. The molecule has 0 spiro atoms. The Balaban J connectivity index is 2.34. The Labute approximate surface area is 120 Å². The topological polar surface area (TPSA) is 78.7 Å². The van der Waals surface area contributed by atoms with Gasteiger partial charge in [0, 0.05) is 13.1 Å². The van der Waals surface area contributed by atoms with E-state index in [1.807, 2.05) is 13.0 Å². The molecule has 0 fully saturated rings. The number of nitrogens with one attached hydrogen (secondary N) is 3. The third-order valence-electron chi connectivity index (χ3n) is 2.44. The average Bonchev–Trinajstić information content (AvgIpc) is 2.92. The SMILES string of the molecule is CCNC(=NCC(=O)NCc1ccco1)NCC(C)C. The number of hydrogen-bond donors (Lipinski definition) is 3. The number of aliphatic imine (C=N–C) groups is 1. The van der Waals surface area contributed by atoms with E-state index >= 15 is 0 Å². The summed E-state index contributed by atoms with van der Waals surface area (Å²) in [6.45, 7) is 8.28. The zero-order chi connectivity index (χ0) is 14.8. The van der Waals surface area contributed by atoms with Crippen LogP contribution in [0.15, 0.2) is 27.8 Å². The highest BCUT2D eigenvalue weighted by atomic mass is 16.3. The molecule has 0 atom stereocenters. The molecule has 1 aromatic heterocycles. The van der Waals surface area contributed by atoms with Gasteiger partial charge in [0.1, 0.15) is 12.3 Å². The number of carbonyl (C=O) groups excluding carboxylic acids is 1. The molecular weight excluding hydrogens is 256 g/mol. The van der Waals surface area contributed by atoms with Gasteiger partial charge in [-0.15, -0.1) is 0 Å². The first-order chi connectivity index (χ1) is 9.61. The summed E-state index contributed by atoms with van der Waals surface area (Å²) in [7, 11) is 0. The van der Waals surface area contributed by atoms with E-state index in [0.717, 1.165) is 18.8 Å². The molecule has 0 aliphatic carbocycles.